The first-order chi connectivity index (χ1) is 6.34. The van der Waals surface area contributed by atoms with Crippen molar-refractivity contribution in [2.24, 2.45) is 0 Å². The number of hydrogen-bond donors (Lipinski definition) is 1. The molecule has 0 amide bonds. The van der Waals surface area contributed by atoms with Gasteiger partial charge in [0.05, 0.1) is 0 Å². The molecular weight excluding hydrogens is 164 g/mol. The summed E-state index contributed by atoms with van der Waals surface area (Å²) < 4.78 is 0. The van der Waals surface area contributed by atoms with Crippen molar-refractivity contribution in [3.05, 3.63) is 42.4 Å². The number of carbonyl (C=O) groups excluding carboxylic acids is 1. The highest BCUT2D eigenvalue weighted by atomic mass is 16.1. The standard InChI is InChI=1S/C10H12N2O/c1-2-11-8-5-10(13)9-3-6-12-7-4-9/h3-8,11H,2H2,1H3/b8-5-. The Morgan fingerprint density at radius 1 is 1.54 bits per heavy atom. The van der Waals surface area contributed by atoms with Crippen LogP contribution in [0.25, 0.3) is 0 Å². The number of carbonyl (C=O) groups is 1. The third-order valence-corrected chi connectivity index (χ3v) is 1.52. The average molecular weight is 176 g/mol. The Balaban J connectivity index is 2.59. The van der Waals surface area contributed by atoms with E-state index in [4.69, 9.17) is 0 Å². The van der Waals surface area contributed by atoms with Crippen molar-refractivity contribution in [3.8, 4) is 0 Å². The van der Waals surface area contributed by atoms with Gasteiger partial charge in [-0.3, -0.25) is 9.78 Å². The zero-order valence-electron chi connectivity index (χ0n) is 7.53. The van der Waals surface area contributed by atoms with Crippen molar-refractivity contribution in [3.63, 3.8) is 0 Å². The third-order valence-electron chi connectivity index (χ3n) is 1.52. The van der Waals surface area contributed by atoms with Crippen molar-refractivity contribution in [1.29, 1.82) is 0 Å². The second kappa shape index (κ2) is 5.09. The number of hydrogen-bond acceptors (Lipinski definition) is 3. The maximum absolute atomic E-state index is 11.4. The van der Waals surface area contributed by atoms with Crippen LogP contribution < -0.4 is 5.32 Å². The monoisotopic (exact) mass is 176 g/mol. The summed E-state index contributed by atoms with van der Waals surface area (Å²) in [6.07, 6.45) is 6.38. The molecule has 0 aliphatic carbocycles. The average Bonchev–Trinajstić information content (AvgIpc) is 2.19. The minimum Gasteiger partial charge on any atom is -0.391 e. The Kier molecular flexibility index (Phi) is 3.70. The van der Waals surface area contributed by atoms with Gasteiger partial charge in [0.1, 0.15) is 0 Å². The number of pyridine rings is 1. The third kappa shape index (κ3) is 3.07. The zero-order chi connectivity index (χ0) is 9.52. The topological polar surface area (TPSA) is 42.0 Å². The lowest BCUT2D eigenvalue weighted by Gasteiger charge is -1.94. The lowest BCUT2D eigenvalue weighted by Crippen LogP contribution is -2.04. The highest BCUT2D eigenvalue weighted by Crippen LogP contribution is 1.97. The molecule has 3 nitrogen and oxygen atoms in total. The van der Waals surface area contributed by atoms with Crippen molar-refractivity contribution in [2.45, 2.75) is 6.92 Å². The van der Waals surface area contributed by atoms with Crippen LogP contribution in [-0.4, -0.2) is 17.3 Å². The number of nitrogens with one attached hydrogen (secondary N) is 1. The van der Waals surface area contributed by atoms with Crippen molar-refractivity contribution in [2.75, 3.05) is 6.54 Å². The van der Waals surface area contributed by atoms with E-state index in [1.54, 1.807) is 30.7 Å². The van der Waals surface area contributed by atoms with Gasteiger partial charge in [-0.15, -0.1) is 0 Å². The van der Waals surface area contributed by atoms with E-state index in [1.807, 2.05) is 6.92 Å². The van der Waals surface area contributed by atoms with Gasteiger partial charge in [0.2, 0.25) is 0 Å². The highest BCUT2D eigenvalue weighted by Gasteiger charge is 1.98. The van der Waals surface area contributed by atoms with E-state index in [0.717, 1.165) is 6.54 Å². The van der Waals surface area contributed by atoms with E-state index in [2.05, 4.69) is 10.3 Å². The van der Waals surface area contributed by atoms with Gasteiger partial charge in [-0.2, -0.15) is 0 Å². The Hall–Kier alpha value is -1.64. The minimum absolute atomic E-state index is 0.0108. The van der Waals surface area contributed by atoms with E-state index < -0.39 is 0 Å². The first-order valence-corrected chi connectivity index (χ1v) is 4.19. The molecule has 0 aliphatic rings. The molecule has 1 aromatic rings. The fourth-order valence-corrected chi connectivity index (χ4v) is 0.865. The van der Waals surface area contributed by atoms with Crippen molar-refractivity contribution < 1.29 is 4.79 Å². The molecule has 0 unspecified atom stereocenters. The van der Waals surface area contributed by atoms with E-state index in [-0.39, 0.29) is 5.78 Å². The lowest BCUT2D eigenvalue weighted by atomic mass is 10.2. The molecule has 68 valence electrons. The summed E-state index contributed by atoms with van der Waals surface area (Å²) in [7, 11) is 0. The zero-order valence-corrected chi connectivity index (χ0v) is 7.53. The first kappa shape index (κ1) is 9.45. The second-order valence-electron chi connectivity index (χ2n) is 2.49. The molecule has 0 spiro atoms. The molecule has 3 heteroatoms. The number of aromatic nitrogens is 1. The van der Waals surface area contributed by atoms with E-state index in [0.29, 0.717) is 5.56 Å². The summed E-state index contributed by atoms with van der Waals surface area (Å²) in [5, 5.41) is 2.93. The van der Waals surface area contributed by atoms with Crippen LogP contribution in [0.5, 0.6) is 0 Å². The fourth-order valence-electron chi connectivity index (χ4n) is 0.865. The number of allylic oxidation sites excluding steroid dienone is 1. The Morgan fingerprint density at radius 2 is 2.23 bits per heavy atom. The summed E-state index contributed by atoms with van der Waals surface area (Å²) in [6.45, 7) is 2.79. The van der Waals surface area contributed by atoms with E-state index >= 15 is 0 Å². The van der Waals surface area contributed by atoms with Gasteiger partial charge in [-0.25, -0.2) is 0 Å². The molecule has 0 saturated heterocycles. The summed E-state index contributed by atoms with van der Waals surface area (Å²) in [6, 6.07) is 3.39. The van der Waals surface area contributed by atoms with Crippen LogP contribution in [-0.2, 0) is 0 Å². The predicted molar refractivity (Wildman–Crippen MR) is 51.4 cm³/mol. The Labute approximate surface area is 77.5 Å². The summed E-state index contributed by atoms with van der Waals surface area (Å²) in [4.78, 5) is 15.2. The first-order valence-electron chi connectivity index (χ1n) is 4.19. The van der Waals surface area contributed by atoms with Crippen LogP contribution in [0, 0.1) is 0 Å². The van der Waals surface area contributed by atoms with Crippen LogP contribution in [0.4, 0.5) is 0 Å². The highest BCUT2D eigenvalue weighted by molar-refractivity contribution is 6.04. The van der Waals surface area contributed by atoms with Crippen LogP contribution in [0.2, 0.25) is 0 Å². The largest absolute Gasteiger partial charge is 0.391 e. The SMILES string of the molecule is CCN/C=C\C(=O)c1ccncc1. The van der Waals surface area contributed by atoms with Gasteiger partial charge in [0.15, 0.2) is 5.78 Å². The second-order valence-corrected chi connectivity index (χ2v) is 2.49. The summed E-state index contributed by atoms with van der Waals surface area (Å²) in [5.41, 5.74) is 0.657. The Morgan fingerprint density at radius 3 is 2.85 bits per heavy atom. The molecule has 0 aromatic carbocycles. The molecule has 0 bridgehead atoms. The molecule has 1 N–H and O–H groups in total. The van der Waals surface area contributed by atoms with Crippen LogP contribution in [0.1, 0.15) is 17.3 Å². The number of ketones is 1. The summed E-state index contributed by atoms with van der Waals surface area (Å²) in [5.74, 6) is -0.0108. The maximum Gasteiger partial charge on any atom is 0.187 e. The summed E-state index contributed by atoms with van der Waals surface area (Å²) >= 11 is 0. The number of rotatable bonds is 4. The molecule has 1 aromatic heterocycles. The van der Waals surface area contributed by atoms with Gasteiger partial charge in [0, 0.05) is 36.8 Å². The predicted octanol–water partition coefficient (Wildman–Crippen LogP) is 1.39. The molecule has 13 heavy (non-hydrogen) atoms. The van der Waals surface area contributed by atoms with Gasteiger partial charge >= 0.3 is 0 Å². The van der Waals surface area contributed by atoms with Gasteiger partial charge in [-0.05, 0) is 19.1 Å². The van der Waals surface area contributed by atoms with Gasteiger partial charge < -0.3 is 5.32 Å². The molecule has 0 aliphatic heterocycles. The van der Waals surface area contributed by atoms with Gasteiger partial charge in [0.25, 0.3) is 0 Å². The molecule has 1 rings (SSSR count). The molecule has 0 radical (unpaired) electrons. The molecule has 0 fully saturated rings. The molecule has 0 saturated carbocycles. The van der Waals surface area contributed by atoms with Crippen molar-refractivity contribution >= 4 is 5.78 Å². The fraction of sp³-hybridized carbons (Fsp3) is 0.200. The van der Waals surface area contributed by atoms with Crippen LogP contribution >= 0.6 is 0 Å². The minimum atomic E-state index is -0.0108. The van der Waals surface area contributed by atoms with Crippen LogP contribution in [0.15, 0.2) is 36.8 Å². The van der Waals surface area contributed by atoms with E-state index in [1.165, 1.54) is 6.08 Å². The van der Waals surface area contributed by atoms with E-state index in [9.17, 15) is 4.79 Å². The van der Waals surface area contributed by atoms with Crippen molar-refractivity contribution in [1.82, 2.24) is 10.3 Å². The molecule has 0 atom stereocenters. The number of nitrogens with zero attached hydrogens (tertiary/aromatic N) is 1. The Bertz CT molecular complexity index is 293. The smallest absolute Gasteiger partial charge is 0.187 e. The lowest BCUT2D eigenvalue weighted by molar-refractivity contribution is 0.104. The quantitative estimate of drug-likeness (QED) is 0.556. The van der Waals surface area contributed by atoms with Crippen LogP contribution in [0.3, 0.4) is 0 Å². The maximum atomic E-state index is 11.4. The molecular formula is C10H12N2O. The normalized spacial score (nSPS) is 10.2. The molecule has 1 heterocycles. The van der Waals surface area contributed by atoms with Gasteiger partial charge in [-0.1, -0.05) is 0 Å².